The predicted molar refractivity (Wildman–Crippen MR) is 54.5 cm³/mol. The van der Waals surface area contributed by atoms with Crippen molar-refractivity contribution in [3.05, 3.63) is 29.8 Å². The quantitative estimate of drug-likeness (QED) is 0.836. The van der Waals surface area contributed by atoms with E-state index in [-0.39, 0.29) is 11.3 Å². The van der Waals surface area contributed by atoms with E-state index in [1.165, 1.54) is 24.3 Å². The van der Waals surface area contributed by atoms with E-state index in [9.17, 15) is 18.0 Å². The van der Waals surface area contributed by atoms with E-state index in [4.69, 9.17) is 11.5 Å². The van der Waals surface area contributed by atoms with E-state index in [2.05, 4.69) is 4.74 Å². The highest BCUT2D eigenvalue weighted by Crippen LogP contribution is 2.24. The monoisotopic (exact) mass is 248 g/mol. The van der Waals surface area contributed by atoms with Crippen molar-refractivity contribution in [3.63, 3.8) is 0 Å². The van der Waals surface area contributed by atoms with Crippen molar-refractivity contribution in [1.29, 1.82) is 0 Å². The number of primary amides is 1. The molecule has 0 spiro atoms. The van der Waals surface area contributed by atoms with Crippen LogP contribution in [-0.4, -0.2) is 24.7 Å². The van der Waals surface area contributed by atoms with Crippen LogP contribution in [-0.2, 0) is 0 Å². The third kappa shape index (κ3) is 3.63. The number of ether oxygens (including phenoxy) is 1. The Morgan fingerprint density at radius 2 is 1.82 bits per heavy atom. The number of nitrogens with two attached hydrogens (primary N) is 2. The van der Waals surface area contributed by atoms with Crippen molar-refractivity contribution in [2.24, 2.45) is 11.5 Å². The molecule has 1 unspecified atom stereocenters. The lowest BCUT2D eigenvalue weighted by Gasteiger charge is -2.20. The second-order valence-corrected chi connectivity index (χ2v) is 3.27. The first-order valence-electron chi connectivity index (χ1n) is 4.68. The summed E-state index contributed by atoms with van der Waals surface area (Å²) in [5.74, 6) is -0.689. The van der Waals surface area contributed by atoms with E-state index in [1.54, 1.807) is 0 Å². The fourth-order valence-corrected chi connectivity index (χ4v) is 1.11. The number of carbonyl (C=O) groups excluding carboxylic acids is 1. The standard InChI is InChI=1S/C10H11F3N2O2/c11-10(12,13)8(5-14)17-7-3-1-6(2-4-7)9(15)16/h1-4,8H,5,14H2,(H2,15,16). The smallest absolute Gasteiger partial charge is 0.426 e. The average molecular weight is 248 g/mol. The molecule has 0 aliphatic rings. The van der Waals surface area contributed by atoms with Crippen LogP contribution >= 0.6 is 0 Å². The summed E-state index contributed by atoms with van der Waals surface area (Å²) in [6, 6.07) is 5.02. The summed E-state index contributed by atoms with van der Waals surface area (Å²) in [4.78, 5) is 10.7. The van der Waals surface area contributed by atoms with Gasteiger partial charge in [-0.3, -0.25) is 4.79 Å². The lowest BCUT2D eigenvalue weighted by atomic mass is 10.2. The van der Waals surface area contributed by atoms with Crippen molar-refractivity contribution in [2.75, 3.05) is 6.54 Å². The molecule has 0 heterocycles. The van der Waals surface area contributed by atoms with Crippen LogP contribution in [0.25, 0.3) is 0 Å². The van der Waals surface area contributed by atoms with Crippen LogP contribution in [0.5, 0.6) is 5.75 Å². The van der Waals surface area contributed by atoms with Crippen LogP contribution in [0.1, 0.15) is 10.4 Å². The molecule has 1 aromatic carbocycles. The van der Waals surface area contributed by atoms with Gasteiger partial charge in [0.1, 0.15) is 5.75 Å². The molecule has 17 heavy (non-hydrogen) atoms. The molecule has 4 N–H and O–H groups in total. The highest BCUT2D eigenvalue weighted by molar-refractivity contribution is 5.92. The van der Waals surface area contributed by atoms with Gasteiger partial charge >= 0.3 is 6.18 Å². The number of hydrogen-bond donors (Lipinski definition) is 2. The maximum Gasteiger partial charge on any atom is 0.426 e. The Balaban J connectivity index is 2.78. The minimum absolute atomic E-state index is 0.0252. The van der Waals surface area contributed by atoms with Crippen LogP contribution in [0, 0.1) is 0 Å². The topological polar surface area (TPSA) is 78.3 Å². The molecule has 1 rings (SSSR count). The van der Waals surface area contributed by atoms with Gasteiger partial charge in [-0.25, -0.2) is 0 Å². The van der Waals surface area contributed by atoms with E-state index in [1.807, 2.05) is 0 Å². The molecule has 0 aromatic heterocycles. The van der Waals surface area contributed by atoms with Crippen LogP contribution in [0.3, 0.4) is 0 Å². The number of halogens is 3. The normalized spacial score (nSPS) is 13.2. The molecule has 1 aromatic rings. The molecule has 94 valence electrons. The van der Waals surface area contributed by atoms with Gasteiger partial charge in [0.2, 0.25) is 12.0 Å². The second-order valence-electron chi connectivity index (χ2n) is 3.27. The van der Waals surface area contributed by atoms with E-state index in [0.717, 1.165) is 0 Å². The molecule has 1 atom stereocenters. The Bertz CT molecular complexity index is 390. The molecule has 4 nitrogen and oxygen atoms in total. The molecule has 0 fully saturated rings. The third-order valence-electron chi connectivity index (χ3n) is 2.00. The predicted octanol–water partition coefficient (Wildman–Crippen LogP) is 1.05. The van der Waals surface area contributed by atoms with E-state index < -0.39 is 24.7 Å². The Morgan fingerprint density at radius 1 is 1.29 bits per heavy atom. The van der Waals surface area contributed by atoms with Crippen molar-refractivity contribution in [1.82, 2.24) is 0 Å². The summed E-state index contributed by atoms with van der Waals surface area (Å²) in [5, 5.41) is 0. The number of carbonyl (C=O) groups is 1. The summed E-state index contributed by atoms with van der Waals surface area (Å²) in [6.07, 6.45) is -6.60. The van der Waals surface area contributed by atoms with Crippen LogP contribution < -0.4 is 16.2 Å². The highest BCUT2D eigenvalue weighted by atomic mass is 19.4. The molecule has 0 bridgehead atoms. The molecular weight excluding hydrogens is 237 g/mol. The molecule has 0 aliphatic carbocycles. The lowest BCUT2D eigenvalue weighted by molar-refractivity contribution is -0.191. The van der Waals surface area contributed by atoms with Gasteiger partial charge < -0.3 is 16.2 Å². The Labute approximate surface area is 95.3 Å². The summed E-state index contributed by atoms with van der Waals surface area (Å²) in [7, 11) is 0. The van der Waals surface area contributed by atoms with Crippen molar-refractivity contribution >= 4 is 5.91 Å². The van der Waals surface area contributed by atoms with Gasteiger partial charge in [0.05, 0.1) is 0 Å². The molecule has 7 heteroatoms. The maximum absolute atomic E-state index is 12.3. The zero-order chi connectivity index (χ0) is 13.1. The number of alkyl halides is 3. The van der Waals surface area contributed by atoms with Crippen molar-refractivity contribution in [3.8, 4) is 5.75 Å². The van der Waals surface area contributed by atoms with Crippen LogP contribution in [0.2, 0.25) is 0 Å². The van der Waals surface area contributed by atoms with E-state index >= 15 is 0 Å². The number of amides is 1. The average Bonchev–Trinajstić information content (AvgIpc) is 2.24. The number of benzene rings is 1. The third-order valence-corrected chi connectivity index (χ3v) is 2.00. The van der Waals surface area contributed by atoms with Crippen LogP contribution in [0.4, 0.5) is 13.2 Å². The van der Waals surface area contributed by atoms with Crippen molar-refractivity contribution < 1.29 is 22.7 Å². The van der Waals surface area contributed by atoms with Gasteiger partial charge in [-0.2, -0.15) is 13.2 Å². The first-order chi connectivity index (χ1) is 7.84. The zero-order valence-corrected chi connectivity index (χ0v) is 8.70. The molecule has 0 saturated carbocycles. The fraction of sp³-hybridized carbons (Fsp3) is 0.300. The molecule has 0 aliphatic heterocycles. The minimum atomic E-state index is -4.53. The second kappa shape index (κ2) is 5.05. The SMILES string of the molecule is NCC(Oc1ccc(C(N)=O)cc1)C(F)(F)F. The van der Waals surface area contributed by atoms with E-state index in [0.29, 0.717) is 0 Å². The van der Waals surface area contributed by atoms with Gasteiger partial charge in [-0.05, 0) is 24.3 Å². The van der Waals surface area contributed by atoms with Gasteiger partial charge in [-0.1, -0.05) is 0 Å². The fourth-order valence-electron chi connectivity index (χ4n) is 1.11. The largest absolute Gasteiger partial charge is 0.480 e. The number of rotatable bonds is 4. The maximum atomic E-state index is 12.3. The highest BCUT2D eigenvalue weighted by Gasteiger charge is 2.40. The van der Waals surface area contributed by atoms with Crippen LogP contribution in [0.15, 0.2) is 24.3 Å². The Hall–Kier alpha value is -1.76. The lowest BCUT2D eigenvalue weighted by Crippen LogP contribution is -2.40. The van der Waals surface area contributed by atoms with Crippen molar-refractivity contribution in [2.45, 2.75) is 12.3 Å². The summed E-state index contributed by atoms with van der Waals surface area (Å²) >= 11 is 0. The first-order valence-corrected chi connectivity index (χ1v) is 4.68. The summed E-state index contributed by atoms with van der Waals surface area (Å²) in [5.41, 5.74) is 10.1. The summed E-state index contributed by atoms with van der Waals surface area (Å²) in [6.45, 7) is -0.679. The van der Waals surface area contributed by atoms with Gasteiger partial charge in [0.25, 0.3) is 0 Å². The van der Waals surface area contributed by atoms with Gasteiger partial charge in [0, 0.05) is 12.1 Å². The Morgan fingerprint density at radius 3 is 2.18 bits per heavy atom. The van der Waals surface area contributed by atoms with Gasteiger partial charge in [-0.15, -0.1) is 0 Å². The zero-order valence-electron chi connectivity index (χ0n) is 8.70. The Kier molecular flexibility index (Phi) is 3.95. The first kappa shape index (κ1) is 13.3. The minimum Gasteiger partial charge on any atom is -0.480 e. The van der Waals surface area contributed by atoms with Gasteiger partial charge in [0.15, 0.2) is 0 Å². The number of hydrogen-bond acceptors (Lipinski definition) is 3. The molecule has 0 saturated heterocycles. The molecule has 1 amide bonds. The molecular formula is C10H11F3N2O2. The summed E-state index contributed by atoms with van der Waals surface area (Å²) < 4.78 is 41.7. The molecule has 0 radical (unpaired) electrons.